The van der Waals surface area contributed by atoms with Gasteiger partial charge in [0.15, 0.2) is 11.5 Å². The van der Waals surface area contributed by atoms with Crippen LogP contribution < -0.4 is 10.2 Å². The van der Waals surface area contributed by atoms with Gasteiger partial charge in [0.2, 0.25) is 0 Å². The standard InChI is InChI=1S/C19H18N6O/c1-2-11-26-15-9-7-14(8-10-15)12-20-22-18-16-5-3-4-6-17(16)19-23-21-13-25(19)24-18/h3-10,12-13H,2,11H2,1H3,(H,22,24)/b20-12+. The molecule has 0 bridgehead atoms. The second-order valence-corrected chi connectivity index (χ2v) is 5.78. The first-order valence-corrected chi connectivity index (χ1v) is 8.46. The van der Waals surface area contributed by atoms with E-state index >= 15 is 0 Å². The molecule has 1 N–H and O–H groups in total. The first-order valence-electron chi connectivity index (χ1n) is 8.46. The highest BCUT2D eigenvalue weighted by Crippen LogP contribution is 2.23. The Labute approximate surface area is 150 Å². The number of benzene rings is 2. The number of fused-ring (bicyclic) bond motifs is 3. The summed E-state index contributed by atoms with van der Waals surface area (Å²) >= 11 is 0. The van der Waals surface area contributed by atoms with Crippen molar-refractivity contribution >= 4 is 28.5 Å². The van der Waals surface area contributed by atoms with Crippen LogP contribution in [0.1, 0.15) is 18.9 Å². The summed E-state index contributed by atoms with van der Waals surface area (Å²) in [5.74, 6) is 1.51. The summed E-state index contributed by atoms with van der Waals surface area (Å²) in [6.07, 6.45) is 4.31. The second kappa shape index (κ2) is 7.18. The van der Waals surface area contributed by atoms with Gasteiger partial charge in [-0.05, 0) is 36.2 Å². The smallest absolute Gasteiger partial charge is 0.185 e. The van der Waals surface area contributed by atoms with Crippen LogP contribution in [0, 0.1) is 0 Å². The zero-order chi connectivity index (χ0) is 17.8. The molecule has 0 spiro atoms. The van der Waals surface area contributed by atoms with Gasteiger partial charge in [-0.15, -0.1) is 15.3 Å². The van der Waals surface area contributed by atoms with Crippen LogP contribution in [-0.4, -0.2) is 32.6 Å². The molecule has 2 aromatic heterocycles. The van der Waals surface area contributed by atoms with Crippen molar-refractivity contribution < 1.29 is 4.74 Å². The lowest BCUT2D eigenvalue weighted by atomic mass is 10.2. The maximum Gasteiger partial charge on any atom is 0.185 e. The van der Waals surface area contributed by atoms with Gasteiger partial charge >= 0.3 is 0 Å². The molecule has 0 fully saturated rings. The second-order valence-electron chi connectivity index (χ2n) is 5.78. The zero-order valence-electron chi connectivity index (χ0n) is 14.3. The summed E-state index contributed by atoms with van der Waals surface area (Å²) in [6, 6.07) is 15.7. The summed E-state index contributed by atoms with van der Waals surface area (Å²) < 4.78 is 7.22. The normalized spacial score (nSPS) is 11.4. The van der Waals surface area contributed by atoms with E-state index in [0.717, 1.165) is 40.8 Å². The molecular formula is C19H18N6O. The molecule has 0 aliphatic rings. The Balaban J connectivity index is 1.56. The fourth-order valence-electron chi connectivity index (χ4n) is 2.65. The van der Waals surface area contributed by atoms with Crippen LogP contribution in [0.2, 0.25) is 0 Å². The molecule has 7 nitrogen and oxygen atoms in total. The van der Waals surface area contributed by atoms with Crippen LogP contribution in [0.15, 0.2) is 60.0 Å². The van der Waals surface area contributed by atoms with E-state index < -0.39 is 0 Å². The van der Waals surface area contributed by atoms with Gasteiger partial charge in [0.05, 0.1) is 12.8 Å². The number of nitrogens with one attached hydrogen (secondary N) is 1. The molecule has 4 rings (SSSR count). The Morgan fingerprint density at radius 1 is 1.12 bits per heavy atom. The van der Waals surface area contributed by atoms with Crippen LogP contribution >= 0.6 is 0 Å². The van der Waals surface area contributed by atoms with E-state index in [1.807, 2.05) is 48.5 Å². The number of nitrogens with zero attached hydrogens (tertiary/aromatic N) is 5. The molecule has 0 radical (unpaired) electrons. The van der Waals surface area contributed by atoms with Gasteiger partial charge < -0.3 is 4.74 Å². The van der Waals surface area contributed by atoms with Crippen molar-refractivity contribution in [3.63, 3.8) is 0 Å². The fourth-order valence-corrected chi connectivity index (χ4v) is 2.65. The summed E-state index contributed by atoms with van der Waals surface area (Å²) in [5, 5.41) is 18.7. The number of ether oxygens (including phenoxy) is 1. The molecule has 2 heterocycles. The maximum absolute atomic E-state index is 5.58. The van der Waals surface area contributed by atoms with Gasteiger partial charge in [0.1, 0.15) is 12.1 Å². The zero-order valence-corrected chi connectivity index (χ0v) is 14.3. The molecule has 0 aliphatic carbocycles. The highest BCUT2D eigenvalue weighted by molar-refractivity contribution is 5.99. The quantitative estimate of drug-likeness (QED) is 0.427. The third-order valence-corrected chi connectivity index (χ3v) is 3.90. The van der Waals surface area contributed by atoms with Crippen LogP contribution in [0.4, 0.5) is 5.82 Å². The Morgan fingerprint density at radius 2 is 1.92 bits per heavy atom. The van der Waals surface area contributed by atoms with E-state index in [9.17, 15) is 0 Å². The summed E-state index contributed by atoms with van der Waals surface area (Å²) in [7, 11) is 0. The van der Waals surface area contributed by atoms with E-state index in [1.54, 1.807) is 17.1 Å². The molecule has 2 aromatic carbocycles. The minimum absolute atomic E-state index is 0.645. The van der Waals surface area contributed by atoms with Gasteiger partial charge in [-0.1, -0.05) is 31.2 Å². The van der Waals surface area contributed by atoms with Gasteiger partial charge in [0.25, 0.3) is 0 Å². The lowest BCUT2D eigenvalue weighted by molar-refractivity contribution is 0.317. The lowest BCUT2D eigenvalue weighted by Gasteiger charge is -2.06. The van der Waals surface area contributed by atoms with Crippen LogP contribution in [0.3, 0.4) is 0 Å². The third kappa shape index (κ3) is 3.19. The van der Waals surface area contributed by atoms with Crippen LogP contribution in [0.5, 0.6) is 5.75 Å². The summed E-state index contributed by atoms with van der Waals surface area (Å²) in [5.41, 5.74) is 4.71. The van der Waals surface area contributed by atoms with Crippen molar-refractivity contribution in [3.8, 4) is 5.75 Å². The number of aromatic nitrogens is 4. The highest BCUT2D eigenvalue weighted by Gasteiger charge is 2.08. The Bertz CT molecular complexity index is 1050. The number of hydrogen-bond acceptors (Lipinski definition) is 6. The highest BCUT2D eigenvalue weighted by atomic mass is 16.5. The van der Waals surface area contributed by atoms with Crippen molar-refractivity contribution in [1.82, 2.24) is 19.8 Å². The molecule has 0 aliphatic heterocycles. The van der Waals surface area contributed by atoms with E-state index in [4.69, 9.17) is 4.74 Å². The van der Waals surface area contributed by atoms with Gasteiger partial charge in [-0.2, -0.15) is 9.62 Å². The van der Waals surface area contributed by atoms with Crippen molar-refractivity contribution in [1.29, 1.82) is 0 Å². The SMILES string of the molecule is CCCOc1ccc(/C=N/Nc2nn3cnnc3c3ccccc23)cc1. The predicted molar refractivity (Wildman–Crippen MR) is 102 cm³/mol. The molecule has 7 heteroatoms. The average molecular weight is 346 g/mol. The molecule has 130 valence electrons. The molecule has 0 unspecified atom stereocenters. The molecule has 0 amide bonds. The summed E-state index contributed by atoms with van der Waals surface area (Å²) in [6.45, 7) is 2.81. The first kappa shape index (κ1) is 16.0. The van der Waals surface area contributed by atoms with Crippen molar-refractivity contribution in [2.45, 2.75) is 13.3 Å². The topological polar surface area (TPSA) is 76.7 Å². The first-order chi connectivity index (χ1) is 12.8. The number of hydrazone groups is 1. The van der Waals surface area contributed by atoms with E-state index in [0.29, 0.717) is 5.82 Å². The lowest BCUT2D eigenvalue weighted by Crippen LogP contribution is -2.00. The monoisotopic (exact) mass is 346 g/mol. The number of rotatable bonds is 6. The Morgan fingerprint density at radius 3 is 2.73 bits per heavy atom. The van der Waals surface area contributed by atoms with Crippen molar-refractivity contribution in [3.05, 3.63) is 60.4 Å². The van der Waals surface area contributed by atoms with Gasteiger partial charge in [-0.25, -0.2) is 0 Å². The van der Waals surface area contributed by atoms with Crippen LogP contribution in [0.25, 0.3) is 16.4 Å². The predicted octanol–water partition coefficient (Wildman–Crippen LogP) is 3.51. The summed E-state index contributed by atoms with van der Waals surface area (Å²) in [4.78, 5) is 0. The minimum atomic E-state index is 0.645. The number of anilines is 1. The fraction of sp³-hybridized carbons (Fsp3) is 0.158. The molecule has 0 saturated carbocycles. The maximum atomic E-state index is 5.58. The van der Waals surface area contributed by atoms with E-state index in [-0.39, 0.29) is 0 Å². The van der Waals surface area contributed by atoms with E-state index in [1.165, 1.54) is 0 Å². The van der Waals surface area contributed by atoms with Gasteiger partial charge in [0, 0.05) is 10.8 Å². The molecule has 4 aromatic rings. The molecular weight excluding hydrogens is 328 g/mol. The Hall–Kier alpha value is -3.48. The molecule has 0 saturated heterocycles. The molecule has 0 atom stereocenters. The van der Waals surface area contributed by atoms with Gasteiger partial charge in [-0.3, -0.25) is 5.43 Å². The third-order valence-electron chi connectivity index (χ3n) is 3.90. The largest absolute Gasteiger partial charge is 0.494 e. The van der Waals surface area contributed by atoms with Crippen molar-refractivity contribution in [2.75, 3.05) is 12.0 Å². The van der Waals surface area contributed by atoms with Crippen molar-refractivity contribution in [2.24, 2.45) is 5.10 Å². The Kier molecular flexibility index (Phi) is 4.42. The van der Waals surface area contributed by atoms with Crippen LogP contribution in [-0.2, 0) is 0 Å². The van der Waals surface area contributed by atoms with E-state index in [2.05, 4.69) is 32.7 Å². The average Bonchev–Trinajstić information content (AvgIpc) is 3.16. The number of hydrogen-bond donors (Lipinski definition) is 1. The minimum Gasteiger partial charge on any atom is -0.494 e. The molecule has 26 heavy (non-hydrogen) atoms.